The number of hydrogen-bond donors (Lipinski definition) is 2. The van der Waals surface area contributed by atoms with Crippen LogP contribution in [-0.4, -0.2) is 29.7 Å². The van der Waals surface area contributed by atoms with Crippen molar-refractivity contribution in [2.75, 3.05) is 6.54 Å². The first kappa shape index (κ1) is 15.1. The topological polar surface area (TPSA) is 103 Å². The number of thiophene rings is 1. The molecule has 0 aliphatic carbocycles. The summed E-state index contributed by atoms with van der Waals surface area (Å²) in [4.78, 5) is 1.91. The first-order valence-corrected chi connectivity index (χ1v) is 8.36. The van der Waals surface area contributed by atoms with Crippen molar-refractivity contribution in [3.8, 4) is 0 Å². The van der Waals surface area contributed by atoms with Crippen LogP contribution in [0.2, 0.25) is 0 Å². The summed E-state index contributed by atoms with van der Waals surface area (Å²) in [6.45, 7) is 2.41. The van der Waals surface area contributed by atoms with Gasteiger partial charge in [0.15, 0.2) is 0 Å². The minimum atomic E-state index is -3.50. The molecule has 0 spiro atoms. The van der Waals surface area contributed by atoms with E-state index in [1.165, 1.54) is 11.3 Å². The highest BCUT2D eigenvalue weighted by Gasteiger charge is 2.19. The van der Waals surface area contributed by atoms with Crippen LogP contribution >= 0.6 is 11.3 Å². The molecule has 110 valence electrons. The summed E-state index contributed by atoms with van der Waals surface area (Å²) in [6.07, 6.45) is 2.07. The van der Waals surface area contributed by atoms with Crippen molar-refractivity contribution < 1.29 is 8.42 Å². The van der Waals surface area contributed by atoms with Crippen molar-refractivity contribution in [1.29, 1.82) is 0 Å². The van der Waals surface area contributed by atoms with Crippen LogP contribution in [-0.2, 0) is 30.0 Å². The summed E-state index contributed by atoms with van der Waals surface area (Å²) >= 11 is 1.40. The maximum Gasteiger partial charge on any atom is 0.241 e. The molecule has 0 saturated carbocycles. The van der Waals surface area contributed by atoms with Gasteiger partial charge in [-0.1, -0.05) is 0 Å². The Morgan fingerprint density at radius 1 is 1.50 bits per heavy atom. The van der Waals surface area contributed by atoms with Crippen LogP contribution in [0, 0.1) is 6.92 Å². The predicted octanol–water partition coefficient (Wildman–Crippen LogP) is 0.165. The molecule has 2 rings (SSSR count). The number of aromatic nitrogens is 3. The molecule has 0 radical (unpaired) electrons. The lowest BCUT2D eigenvalue weighted by Gasteiger charge is -2.05. The van der Waals surface area contributed by atoms with Crippen LogP contribution < -0.4 is 10.5 Å². The third-order valence-electron chi connectivity index (χ3n) is 2.86. The Morgan fingerprint density at radius 3 is 2.80 bits per heavy atom. The van der Waals surface area contributed by atoms with E-state index in [0.29, 0.717) is 17.9 Å². The summed E-state index contributed by atoms with van der Waals surface area (Å²) in [5.41, 5.74) is 5.53. The van der Waals surface area contributed by atoms with Gasteiger partial charge in [0, 0.05) is 36.3 Å². The first-order valence-electron chi connectivity index (χ1n) is 6.06. The molecule has 0 aliphatic heterocycles. The predicted molar refractivity (Wildman–Crippen MR) is 76.8 cm³/mol. The van der Waals surface area contributed by atoms with E-state index in [1.807, 2.05) is 7.05 Å². The molecular formula is C11H17N5O2S2. The zero-order valence-corrected chi connectivity index (χ0v) is 13.0. The zero-order chi connectivity index (χ0) is 14.8. The van der Waals surface area contributed by atoms with Crippen molar-refractivity contribution in [2.24, 2.45) is 12.8 Å². The molecule has 0 atom stereocenters. The van der Waals surface area contributed by atoms with Gasteiger partial charge in [-0.05, 0) is 13.0 Å². The van der Waals surface area contributed by atoms with E-state index in [-0.39, 0.29) is 6.54 Å². The summed E-state index contributed by atoms with van der Waals surface area (Å²) in [7, 11) is -1.68. The zero-order valence-electron chi connectivity index (χ0n) is 11.3. The highest BCUT2D eigenvalue weighted by Crippen LogP contribution is 2.25. The average molecular weight is 315 g/mol. The highest BCUT2D eigenvalue weighted by atomic mass is 32.2. The average Bonchev–Trinajstić information content (AvgIpc) is 2.96. The second-order valence-electron chi connectivity index (χ2n) is 4.34. The molecular weight excluding hydrogens is 298 g/mol. The fourth-order valence-corrected chi connectivity index (χ4v) is 4.34. The molecule has 2 aromatic heterocycles. The monoisotopic (exact) mass is 315 g/mol. The van der Waals surface area contributed by atoms with Crippen molar-refractivity contribution >= 4 is 21.4 Å². The highest BCUT2D eigenvalue weighted by molar-refractivity contribution is 7.89. The minimum absolute atomic E-state index is 0.280. The largest absolute Gasteiger partial charge is 0.326 e. The van der Waals surface area contributed by atoms with E-state index >= 15 is 0 Å². The molecule has 0 saturated heterocycles. The molecule has 2 aromatic rings. The van der Waals surface area contributed by atoms with E-state index in [9.17, 15) is 8.42 Å². The van der Waals surface area contributed by atoms with Crippen molar-refractivity contribution in [3.63, 3.8) is 0 Å². The Morgan fingerprint density at radius 2 is 2.25 bits per heavy atom. The molecule has 0 aliphatic rings. The maximum atomic E-state index is 12.2. The molecule has 0 aromatic carbocycles. The van der Waals surface area contributed by atoms with Gasteiger partial charge in [0.2, 0.25) is 10.0 Å². The standard InChI is InChI=1S/C11H17N5O2S2/c1-8-10(5-9(6-12)19-8)20(17,18)14-4-3-11-15-13-7-16(11)2/h5,7,14H,3-4,6,12H2,1-2H3. The molecule has 0 bridgehead atoms. The Balaban J connectivity index is 2.04. The van der Waals surface area contributed by atoms with Gasteiger partial charge in [-0.2, -0.15) is 0 Å². The Labute approximate surface area is 121 Å². The van der Waals surface area contributed by atoms with Gasteiger partial charge in [0.1, 0.15) is 12.2 Å². The van der Waals surface area contributed by atoms with Crippen LogP contribution in [0.5, 0.6) is 0 Å². The summed E-state index contributed by atoms with van der Waals surface area (Å²) < 4.78 is 28.8. The Kier molecular flexibility index (Phi) is 4.53. The molecule has 2 heterocycles. The minimum Gasteiger partial charge on any atom is -0.326 e. The van der Waals surface area contributed by atoms with E-state index in [2.05, 4.69) is 14.9 Å². The lowest BCUT2D eigenvalue weighted by atomic mass is 10.4. The summed E-state index contributed by atoms with van der Waals surface area (Å²) in [5, 5.41) is 7.65. The van der Waals surface area contributed by atoms with Gasteiger partial charge in [0.25, 0.3) is 0 Å². The van der Waals surface area contributed by atoms with Crippen molar-refractivity contribution in [3.05, 3.63) is 28.0 Å². The third-order valence-corrected chi connectivity index (χ3v) is 5.65. The van der Waals surface area contributed by atoms with Gasteiger partial charge in [-0.15, -0.1) is 21.5 Å². The van der Waals surface area contributed by atoms with Crippen LogP contribution in [0.15, 0.2) is 17.3 Å². The normalized spacial score (nSPS) is 11.9. The van der Waals surface area contributed by atoms with Crippen LogP contribution in [0.3, 0.4) is 0 Å². The lowest BCUT2D eigenvalue weighted by molar-refractivity contribution is 0.580. The van der Waals surface area contributed by atoms with Crippen LogP contribution in [0.4, 0.5) is 0 Å². The second kappa shape index (κ2) is 6.00. The fraction of sp³-hybridized carbons (Fsp3) is 0.455. The van der Waals surface area contributed by atoms with Gasteiger partial charge in [0.05, 0.1) is 4.90 Å². The number of sulfonamides is 1. The van der Waals surface area contributed by atoms with Gasteiger partial charge >= 0.3 is 0 Å². The first-order chi connectivity index (χ1) is 9.44. The molecule has 7 nitrogen and oxygen atoms in total. The van der Waals surface area contributed by atoms with E-state index < -0.39 is 10.0 Å². The quantitative estimate of drug-likeness (QED) is 0.790. The third kappa shape index (κ3) is 3.23. The summed E-state index contributed by atoms with van der Waals surface area (Å²) in [6, 6.07) is 1.63. The molecule has 0 unspecified atom stereocenters. The number of rotatable bonds is 6. The van der Waals surface area contributed by atoms with Gasteiger partial charge in [-0.25, -0.2) is 13.1 Å². The number of hydrogen-bond acceptors (Lipinski definition) is 6. The maximum absolute atomic E-state index is 12.2. The smallest absolute Gasteiger partial charge is 0.241 e. The molecule has 9 heteroatoms. The molecule has 20 heavy (non-hydrogen) atoms. The second-order valence-corrected chi connectivity index (χ2v) is 7.42. The van der Waals surface area contributed by atoms with Gasteiger partial charge in [-0.3, -0.25) is 0 Å². The van der Waals surface area contributed by atoms with Crippen molar-refractivity contribution in [1.82, 2.24) is 19.5 Å². The fourth-order valence-electron chi connectivity index (χ4n) is 1.80. The van der Waals surface area contributed by atoms with Crippen LogP contribution in [0.25, 0.3) is 0 Å². The Bertz CT molecular complexity index is 689. The van der Waals surface area contributed by atoms with Crippen LogP contribution in [0.1, 0.15) is 15.6 Å². The van der Waals surface area contributed by atoms with E-state index in [0.717, 1.165) is 15.6 Å². The number of nitrogens with zero attached hydrogens (tertiary/aromatic N) is 3. The number of nitrogens with two attached hydrogens (primary N) is 1. The number of aryl methyl sites for hydroxylation is 2. The number of nitrogens with one attached hydrogen (secondary N) is 1. The molecule has 0 amide bonds. The molecule has 3 N–H and O–H groups in total. The Hall–Kier alpha value is -1.29. The SMILES string of the molecule is Cc1sc(CN)cc1S(=O)(=O)NCCc1nncn1C. The molecule has 0 fully saturated rings. The van der Waals surface area contributed by atoms with Gasteiger partial charge < -0.3 is 10.3 Å². The van der Waals surface area contributed by atoms with E-state index in [4.69, 9.17) is 5.73 Å². The summed E-state index contributed by atoms with van der Waals surface area (Å²) in [5.74, 6) is 0.734. The lowest BCUT2D eigenvalue weighted by Crippen LogP contribution is -2.26. The van der Waals surface area contributed by atoms with Crippen molar-refractivity contribution in [2.45, 2.75) is 24.8 Å². The van der Waals surface area contributed by atoms with E-state index in [1.54, 1.807) is 23.9 Å².